The van der Waals surface area contributed by atoms with Gasteiger partial charge in [-0.25, -0.2) is 0 Å². The Labute approximate surface area is 160 Å². The average Bonchev–Trinajstić information content (AvgIpc) is 2.66. The summed E-state index contributed by atoms with van der Waals surface area (Å²) in [5.74, 6) is 0. The van der Waals surface area contributed by atoms with Gasteiger partial charge < -0.3 is 29.0 Å². The van der Waals surface area contributed by atoms with Crippen LogP contribution < -0.4 is 5.32 Å². The molecule has 0 spiro atoms. The second-order valence-electron chi connectivity index (χ2n) is 6.90. The highest BCUT2D eigenvalue weighted by molar-refractivity contribution is 4.95. The fourth-order valence-electron chi connectivity index (χ4n) is 3.12. The lowest BCUT2D eigenvalue weighted by atomic mass is 9.96. The fourth-order valence-corrected chi connectivity index (χ4v) is 3.12. The van der Waals surface area contributed by atoms with Crippen LogP contribution in [0.5, 0.6) is 0 Å². The molecule has 0 aromatic rings. The van der Waals surface area contributed by atoms with E-state index in [2.05, 4.69) is 26.1 Å². The molecule has 1 saturated heterocycles. The van der Waals surface area contributed by atoms with Crippen molar-refractivity contribution in [1.29, 1.82) is 0 Å². The van der Waals surface area contributed by atoms with Crippen molar-refractivity contribution in [2.45, 2.75) is 89.9 Å². The zero-order valence-electron chi connectivity index (χ0n) is 17.5. The third-order valence-electron chi connectivity index (χ3n) is 4.75. The Balaban J connectivity index is 2.84. The third-order valence-corrected chi connectivity index (χ3v) is 4.75. The summed E-state index contributed by atoms with van der Waals surface area (Å²) in [7, 11) is 3.59. The molecule has 0 aliphatic carbocycles. The van der Waals surface area contributed by atoms with E-state index in [1.807, 2.05) is 7.05 Å². The molecule has 1 aliphatic rings. The molecule has 0 saturated carbocycles. The minimum atomic E-state index is -0.377. The summed E-state index contributed by atoms with van der Waals surface area (Å²) in [6, 6.07) is -0.0737. The van der Waals surface area contributed by atoms with Gasteiger partial charge in [0.25, 0.3) is 0 Å². The van der Waals surface area contributed by atoms with Crippen LogP contribution in [0.4, 0.5) is 0 Å². The van der Waals surface area contributed by atoms with Crippen LogP contribution in [-0.2, 0) is 23.7 Å². The number of ether oxygens (including phenoxy) is 5. The molecule has 0 aromatic heterocycles. The first-order valence-electron chi connectivity index (χ1n) is 10.4. The van der Waals surface area contributed by atoms with Crippen LogP contribution in [0.15, 0.2) is 0 Å². The molecule has 1 N–H and O–H groups in total. The Bertz CT molecular complexity index is 331. The van der Waals surface area contributed by atoms with E-state index in [0.717, 1.165) is 45.1 Å². The Morgan fingerprint density at radius 2 is 1.42 bits per heavy atom. The maximum atomic E-state index is 6.26. The first kappa shape index (κ1) is 23.8. The van der Waals surface area contributed by atoms with E-state index in [9.17, 15) is 0 Å². The van der Waals surface area contributed by atoms with E-state index in [1.54, 1.807) is 7.11 Å². The van der Waals surface area contributed by atoms with Gasteiger partial charge in [0, 0.05) is 26.9 Å². The molecule has 6 nitrogen and oxygen atoms in total. The number of hydrogen-bond acceptors (Lipinski definition) is 6. The van der Waals surface area contributed by atoms with Crippen molar-refractivity contribution in [3.8, 4) is 0 Å². The van der Waals surface area contributed by atoms with Crippen LogP contribution in [0.1, 0.15) is 59.3 Å². The number of nitrogens with one attached hydrogen (secondary N) is 1. The summed E-state index contributed by atoms with van der Waals surface area (Å²) < 4.78 is 30.1. The largest absolute Gasteiger partial charge is 0.379 e. The smallest absolute Gasteiger partial charge is 0.175 e. The minimum Gasteiger partial charge on any atom is -0.379 e. The maximum Gasteiger partial charge on any atom is 0.175 e. The average molecular weight is 376 g/mol. The van der Waals surface area contributed by atoms with Crippen LogP contribution >= 0.6 is 0 Å². The highest BCUT2D eigenvalue weighted by Gasteiger charge is 2.47. The normalized spacial score (nSPS) is 29.2. The van der Waals surface area contributed by atoms with Gasteiger partial charge in [-0.05, 0) is 26.3 Å². The van der Waals surface area contributed by atoms with Crippen molar-refractivity contribution in [2.75, 3.05) is 40.6 Å². The van der Waals surface area contributed by atoms with Crippen LogP contribution in [0.3, 0.4) is 0 Å². The van der Waals surface area contributed by atoms with Gasteiger partial charge in [0.15, 0.2) is 6.29 Å². The van der Waals surface area contributed by atoms with E-state index in [4.69, 9.17) is 23.7 Å². The second-order valence-corrected chi connectivity index (χ2v) is 6.90. The Morgan fingerprint density at radius 3 is 1.96 bits per heavy atom. The fraction of sp³-hybridized carbons (Fsp3) is 1.00. The molecule has 6 heteroatoms. The quantitative estimate of drug-likeness (QED) is 0.444. The van der Waals surface area contributed by atoms with Crippen LogP contribution in [0.2, 0.25) is 0 Å². The predicted molar refractivity (Wildman–Crippen MR) is 104 cm³/mol. The van der Waals surface area contributed by atoms with Crippen LogP contribution in [0.25, 0.3) is 0 Å². The number of unbranched alkanes of at least 4 members (excludes halogenated alkanes) is 3. The summed E-state index contributed by atoms with van der Waals surface area (Å²) in [5, 5.41) is 3.30. The molecule has 0 radical (unpaired) electrons. The minimum absolute atomic E-state index is 0.0737. The van der Waals surface area contributed by atoms with Gasteiger partial charge in [0.1, 0.15) is 18.3 Å². The Morgan fingerprint density at radius 1 is 0.846 bits per heavy atom. The zero-order chi connectivity index (χ0) is 19.2. The van der Waals surface area contributed by atoms with Gasteiger partial charge in [-0.3, -0.25) is 0 Å². The standard InChI is InChI=1S/C20H41NO5/c1-6-9-12-23-15-16-18(24-13-10-7-2)19(25-14-11-8-3)17(21-4)20(22-5)26-16/h16-21H,6-15H2,1-5H3/t16-,17+,18+,19-,20-/m1/s1. The molecule has 0 aromatic carbocycles. The second kappa shape index (κ2) is 14.8. The molecule has 26 heavy (non-hydrogen) atoms. The molecule has 1 rings (SSSR count). The molecule has 0 unspecified atom stereocenters. The molecule has 1 fully saturated rings. The molecule has 0 amide bonds. The number of rotatable bonds is 15. The topological polar surface area (TPSA) is 58.2 Å². The van der Waals surface area contributed by atoms with Gasteiger partial charge in [-0.1, -0.05) is 40.0 Å². The summed E-state index contributed by atoms with van der Waals surface area (Å²) in [5.41, 5.74) is 0. The summed E-state index contributed by atoms with van der Waals surface area (Å²) in [6.45, 7) is 9.16. The summed E-state index contributed by atoms with van der Waals surface area (Å²) in [4.78, 5) is 0. The summed E-state index contributed by atoms with van der Waals surface area (Å²) >= 11 is 0. The predicted octanol–water partition coefficient (Wildman–Crippen LogP) is 3.13. The molecule has 1 aliphatic heterocycles. The molecule has 156 valence electrons. The van der Waals surface area contributed by atoms with Crippen LogP contribution in [0, 0.1) is 0 Å². The van der Waals surface area contributed by atoms with E-state index in [1.165, 1.54) is 0 Å². The van der Waals surface area contributed by atoms with E-state index in [-0.39, 0.29) is 30.6 Å². The third kappa shape index (κ3) is 7.79. The van der Waals surface area contributed by atoms with Gasteiger partial charge in [0.2, 0.25) is 0 Å². The zero-order valence-corrected chi connectivity index (χ0v) is 17.5. The first-order valence-corrected chi connectivity index (χ1v) is 10.4. The van der Waals surface area contributed by atoms with Crippen molar-refractivity contribution >= 4 is 0 Å². The van der Waals surface area contributed by atoms with Gasteiger partial charge >= 0.3 is 0 Å². The SMILES string of the molecule is CCCCOC[C@H]1O[C@@H](OC)[C@@H](NC)[C@@H](OCCCC)[C@H]1OCCCC. The first-order chi connectivity index (χ1) is 12.7. The maximum absolute atomic E-state index is 6.26. The van der Waals surface area contributed by atoms with E-state index >= 15 is 0 Å². The Hall–Kier alpha value is -0.240. The number of hydrogen-bond donors (Lipinski definition) is 1. The van der Waals surface area contributed by atoms with Crippen molar-refractivity contribution in [3.05, 3.63) is 0 Å². The van der Waals surface area contributed by atoms with Crippen LogP contribution in [-0.4, -0.2) is 71.2 Å². The number of methoxy groups -OCH3 is 1. The van der Waals surface area contributed by atoms with Gasteiger partial charge in [-0.15, -0.1) is 0 Å². The van der Waals surface area contributed by atoms with Crippen molar-refractivity contribution in [3.63, 3.8) is 0 Å². The lowest BCUT2D eigenvalue weighted by Crippen LogP contribution is -2.64. The Kier molecular flexibility index (Phi) is 13.5. The van der Waals surface area contributed by atoms with Crippen molar-refractivity contribution in [2.24, 2.45) is 0 Å². The highest BCUT2D eigenvalue weighted by atomic mass is 16.7. The van der Waals surface area contributed by atoms with Gasteiger partial charge in [-0.2, -0.15) is 0 Å². The van der Waals surface area contributed by atoms with E-state index < -0.39 is 0 Å². The van der Waals surface area contributed by atoms with Crippen molar-refractivity contribution < 1.29 is 23.7 Å². The monoisotopic (exact) mass is 375 g/mol. The molecule has 5 atom stereocenters. The summed E-state index contributed by atoms with van der Waals surface area (Å²) in [6.07, 6.45) is 5.58. The highest BCUT2D eigenvalue weighted by Crippen LogP contribution is 2.27. The lowest BCUT2D eigenvalue weighted by Gasteiger charge is -2.45. The molecular weight excluding hydrogens is 334 g/mol. The number of likely N-dealkylation sites (N-methyl/N-ethyl adjacent to an activating group) is 1. The molecule has 1 heterocycles. The van der Waals surface area contributed by atoms with Gasteiger partial charge in [0.05, 0.1) is 12.6 Å². The molecule has 0 bridgehead atoms. The molecular formula is C20H41NO5. The van der Waals surface area contributed by atoms with Crippen molar-refractivity contribution in [1.82, 2.24) is 5.32 Å². The van der Waals surface area contributed by atoms with E-state index in [0.29, 0.717) is 19.8 Å². The lowest BCUT2D eigenvalue weighted by molar-refractivity contribution is -0.281.